The molecule has 0 saturated carbocycles. The van der Waals surface area contributed by atoms with Crippen molar-refractivity contribution in [3.63, 3.8) is 0 Å². The number of H-pyrrole nitrogens is 1. The monoisotopic (exact) mass is 403 g/mol. The van der Waals surface area contributed by atoms with Crippen LogP contribution in [0, 0.1) is 10.5 Å². The van der Waals surface area contributed by atoms with Crippen molar-refractivity contribution in [1.82, 2.24) is 15.0 Å². The normalized spacial score (nSPS) is 10.8. The summed E-state index contributed by atoms with van der Waals surface area (Å²) in [6.07, 6.45) is 3.06. The van der Waals surface area contributed by atoms with Crippen LogP contribution in [0.1, 0.15) is 11.4 Å². The van der Waals surface area contributed by atoms with Gasteiger partial charge < -0.3 is 10.1 Å². The second-order valence-electron chi connectivity index (χ2n) is 6.62. The molecule has 6 heteroatoms. The van der Waals surface area contributed by atoms with Crippen molar-refractivity contribution in [2.75, 3.05) is 0 Å². The van der Waals surface area contributed by atoms with E-state index in [4.69, 9.17) is 17.2 Å². The molecule has 0 amide bonds. The van der Waals surface area contributed by atoms with Crippen molar-refractivity contribution < 1.29 is 9.50 Å². The quantitative estimate of drug-likeness (QED) is 0.432. The Bertz CT molecular complexity index is 1190. The summed E-state index contributed by atoms with van der Waals surface area (Å²) in [4.78, 5) is 12.0. The predicted molar refractivity (Wildman–Crippen MR) is 114 cm³/mol. The Morgan fingerprint density at radius 2 is 1.66 bits per heavy atom. The van der Waals surface area contributed by atoms with Crippen LogP contribution in [0.2, 0.25) is 0 Å². The number of halogens is 1. The summed E-state index contributed by atoms with van der Waals surface area (Å²) in [6, 6.07) is 19.6. The number of aryl methyl sites for hydroxylation is 2. The average Bonchev–Trinajstić information content (AvgIpc) is 2.73. The van der Waals surface area contributed by atoms with E-state index in [0.717, 1.165) is 12.0 Å². The van der Waals surface area contributed by atoms with Crippen LogP contribution in [0.3, 0.4) is 0 Å². The van der Waals surface area contributed by atoms with Gasteiger partial charge in [0.15, 0.2) is 0 Å². The first-order chi connectivity index (χ1) is 14.1. The zero-order valence-corrected chi connectivity index (χ0v) is 16.3. The van der Waals surface area contributed by atoms with Crippen LogP contribution in [0.25, 0.3) is 22.4 Å². The lowest BCUT2D eigenvalue weighted by atomic mass is 10.00. The molecule has 0 unspecified atom stereocenters. The Morgan fingerprint density at radius 3 is 2.38 bits per heavy atom. The number of aromatic nitrogens is 3. The van der Waals surface area contributed by atoms with Gasteiger partial charge in [-0.3, -0.25) is 0 Å². The number of nitrogens with zero attached hydrogens (tertiary/aromatic N) is 2. The van der Waals surface area contributed by atoms with Crippen LogP contribution < -0.4 is 0 Å². The number of hydrogen-bond acceptors (Lipinski definition) is 4. The Kier molecular flexibility index (Phi) is 5.44. The number of nitrogens with one attached hydrogen (secondary N) is 1. The van der Waals surface area contributed by atoms with Gasteiger partial charge in [-0.25, -0.2) is 9.37 Å². The standard InChI is InChI=1S/C23H18FN3OS/c24-18-9-7-16(8-10-18)21-22(17-12-13-25-20(29)14-17)26-19(27-23(21)28)11-6-15-4-2-1-3-5-15/h1-5,7-10,12-14H,6,11H2,(H,25,29)(H,26,27,28). The van der Waals surface area contributed by atoms with E-state index >= 15 is 0 Å². The molecule has 4 nitrogen and oxygen atoms in total. The van der Waals surface area contributed by atoms with Crippen molar-refractivity contribution in [3.8, 4) is 28.3 Å². The molecule has 4 aromatic rings. The van der Waals surface area contributed by atoms with E-state index in [1.807, 2.05) is 36.4 Å². The van der Waals surface area contributed by atoms with Crippen molar-refractivity contribution in [3.05, 3.63) is 94.8 Å². The first-order valence-corrected chi connectivity index (χ1v) is 9.60. The van der Waals surface area contributed by atoms with Gasteiger partial charge in [0.1, 0.15) is 16.3 Å². The number of rotatable bonds is 5. The minimum Gasteiger partial charge on any atom is -0.493 e. The van der Waals surface area contributed by atoms with E-state index in [-0.39, 0.29) is 11.7 Å². The maximum atomic E-state index is 13.4. The lowest BCUT2D eigenvalue weighted by Crippen LogP contribution is -2.02. The second-order valence-corrected chi connectivity index (χ2v) is 7.06. The Balaban J connectivity index is 1.80. The second kappa shape index (κ2) is 8.32. The smallest absolute Gasteiger partial charge is 0.222 e. The van der Waals surface area contributed by atoms with Crippen LogP contribution in [0.4, 0.5) is 4.39 Å². The lowest BCUT2D eigenvalue weighted by molar-refractivity contribution is 0.451. The summed E-state index contributed by atoms with van der Waals surface area (Å²) in [6.45, 7) is 0. The van der Waals surface area contributed by atoms with E-state index in [0.29, 0.717) is 33.7 Å². The summed E-state index contributed by atoms with van der Waals surface area (Å²) in [5.41, 5.74) is 3.57. The maximum absolute atomic E-state index is 13.4. The van der Waals surface area contributed by atoms with Crippen molar-refractivity contribution in [2.24, 2.45) is 0 Å². The molecular formula is C23H18FN3OS. The highest BCUT2D eigenvalue weighted by atomic mass is 32.1. The molecule has 0 aliphatic rings. The summed E-state index contributed by atoms with van der Waals surface area (Å²) in [7, 11) is 0. The Labute approximate surface area is 172 Å². The highest BCUT2D eigenvalue weighted by molar-refractivity contribution is 7.71. The van der Waals surface area contributed by atoms with Gasteiger partial charge in [0, 0.05) is 18.2 Å². The van der Waals surface area contributed by atoms with Gasteiger partial charge in [-0.2, -0.15) is 4.98 Å². The van der Waals surface area contributed by atoms with Crippen molar-refractivity contribution >= 4 is 12.2 Å². The SMILES string of the molecule is Oc1nc(CCc2ccccc2)nc(-c2cc[nH]c(=S)c2)c1-c1ccc(F)cc1. The zero-order valence-electron chi connectivity index (χ0n) is 15.5. The number of pyridine rings is 1. The summed E-state index contributed by atoms with van der Waals surface area (Å²) in [5, 5.41) is 10.7. The fourth-order valence-electron chi connectivity index (χ4n) is 3.19. The molecule has 2 N–H and O–H groups in total. The minimum atomic E-state index is -0.350. The molecular weight excluding hydrogens is 385 g/mol. The lowest BCUT2D eigenvalue weighted by Gasteiger charge is -2.13. The van der Waals surface area contributed by atoms with E-state index in [9.17, 15) is 9.50 Å². The van der Waals surface area contributed by atoms with Crippen LogP contribution in [-0.2, 0) is 12.8 Å². The molecule has 2 heterocycles. The molecule has 0 atom stereocenters. The molecule has 0 radical (unpaired) electrons. The third kappa shape index (κ3) is 4.38. The van der Waals surface area contributed by atoms with Crippen LogP contribution >= 0.6 is 12.2 Å². The number of hydrogen-bond donors (Lipinski definition) is 2. The molecule has 0 bridgehead atoms. The average molecular weight is 403 g/mol. The van der Waals surface area contributed by atoms with Gasteiger partial charge >= 0.3 is 0 Å². The molecule has 0 fully saturated rings. The highest BCUT2D eigenvalue weighted by Gasteiger charge is 2.18. The van der Waals surface area contributed by atoms with Crippen LogP contribution in [0.5, 0.6) is 5.88 Å². The molecule has 29 heavy (non-hydrogen) atoms. The topological polar surface area (TPSA) is 61.8 Å². The molecule has 144 valence electrons. The summed E-state index contributed by atoms with van der Waals surface area (Å²) >= 11 is 5.25. The van der Waals surface area contributed by atoms with Gasteiger partial charge in [0.2, 0.25) is 5.88 Å². The largest absolute Gasteiger partial charge is 0.493 e. The van der Waals surface area contributed by atoms with Crippen LogP contribution in [-0.4, -0.2) is 20.1 Å². The molecule has 2 aromatic heterocycles. The molecule has 4 rings (SSSR count). The number of benzene rings is 2. The van der Waals surface area contributed by atoms with Crippen molar-refractivity contribution in [1.29, 1.82) is 0 Å². The van der Waals surface area contributed by atoms with E-state index in [1.165, 1.54) is 17.7 Å². The summed E-state index contributed by atoms with van der Waals surface area (Å²) in [5.74, 6) is 0.0479. The van der Waals surface area contributed by atoms with E-state index in [2.05, 4.69) is 9.97 Å². The van der Waals surface area contributed by atoms with Gasteiger partial charge in [0.25, 0.3) is 0 Å². The molecule has 0 spiro atoms. The Morgan fingerprint density at radius 1 is 0.897 bits per heavy atom. The molecule has 0 saturated heterocycles. The maximum Gasteiger partial charge on any atom is 0.222 e. The molecule has 0 aliphatic heterocycles. The van der Waals surface area contributed by atoms with Gasteiger partial charge in [0.05, 0.1) is 11.3 Å². The summed E-state index contributed by atoms with van der Waals surface area (Å²) < 4.78 is 13.9. The fourth-order valence-corrected chi connectivity index (χ4v) is 3.38. The number of aromatic hydroxyl groups is 1. The van der Waals surface area contributed by atoms with E-state index < -0.39 is 0 Å². The predicted octanol–water partition coefficient (Wildman–Crippen LogP) is 5.50. The third-order valence-corrected chi connectivity index (χ3v) is 4.83. The van der Waals surface area contributed by atoms with Crippen LogP contribution in [0.15, 0.2) is 72.9 Å². The minimum absolute atomic E-state index is 0.136. The molecule has 0 aliphatic carbocycles. The Hall–Kier alpha value is -3.38. The highest BCUT2D eigenvalue weighted by Crippen LogP contribution is 2.36. The zero-order chi connectivity index (χ0) is 20.2. The number of aromatic amines is 1. The first-order valence-electron chi connectivity index (χ1n) is 9.19. The fraction of sp³-hybridized carbons (Fsp3) is 0.0870. The first kappa shape index (κ1) is 19.0. The van der Waals surface area contributed by atoms with E-state index in [1.54, 1.807) is 24.4 Å². The van der Waals surface area contributed by atoms with Gasteiger partial charge in [-0.05, 0) is 41.8 Å². The third-order valence-electron chi connectivity index (χ3n) is 4.60. The molecule has 2 aromatic carbocycles. The van der Waals surface area contributed by atoms with Gasteiger partial charge in [-0.15, -0.1) is 0 Å². The van der Waals surface area contributed by atoms with Crippen molar-refractivity contribution in [2.45, 2.75) is 12.8 Å². The van der Waals surface area contributed by atoms with Gasteiger partial charge in [-0.1, -0.05) is 54.7 Å².